The van der Waals surface area contributed by atoms with Crippen LogP contribution < -0.4 is 11.3 Å². The molecule has 0 aliphatic rings. The molecule has 12 heavy (non-hydrogen) atoms. The Labute approximate surface area is 71.6 Å². The van der Waals surface area contributed by atoms with Crippen molar-refractivity contribution in [2.24, 2.45) is 0 Å². The van der Waals surface area contributed by atoms with Crippen molar-refractivity contribution in [3.05, 3.63) is 34.9 Å². The summed E-state index contributed by atoms with van der Waals surface area (Å²) >= 11 is 0. The van der Waals surface area contributed by atoms with E-state index in [1.54, 1.807) is 19.1 Å². The lowest BCUT2D eigenvalue weighted by atomic mass is 10.0. The molecule has 0 saturated carbocycles. The zero-order valence-corrected chi connectivity index (χ0v) is 7.55. The van der Waals surface area contributed by atoms with Gasteiger partial charge in [-0.05, 0) is 25.0 Å². The van der Waals surface area contributed by atoms with Crippen LogP contribution >= 0.6 is 0 Å². The molecule has 0 amide bonds. The third-order valence-corrected chi connectivity index (χ3v) is 1.82. The van der Waals surface area contributed by atoms with E-state index in [-0.39, 0.29) is 11.7 Å². The van der Waals surface area contributed by atoms with Crippen LogP contribution in [0.1, 0.15) is 21.5 Å². The molecule has 0 spiro atoms. The fourth-order valence-electron chi connectivity index (χ4n) is 0.972. The van der Waals surface area contributed by atoms with Gasteiger partial charge in [0.1, 0.15) is 0 Å². The zero-order chi connectivity index (χ0) is 8.43. The predicted molar refractivity (Wildman–Crippen MR) is 46.2 cm³/mol. The van der Waals surface area contributed by atoms with Gasteiger partial charge in [0.25, 0.3) is 0 Å². The van der Waals surface area contributed by atoms with E-state index in [4.69, 9.17) is 0 Å². The molecule has 0 saturated heterocycles. The molecule has 66 valence electrons. The number of carboxylic acids is 1. The second kappa shape index (κ2) is 3.88. The third kappa shape index (κ3) is 1.83. The quantitative estimate of drug-likeness (QED) is 0.678. The van der Waals surface area contributed by atoms with E-state index in [2.05, 4.69) is 0 Å². The van der Waals surface area contributed by atoms with E-state index in [0.29, 0.717) is 0 Å². The van der Waals surface area contributed by atoms with Gasteiger partial charge in [-0.3, -0.25) is 0 Å². The van der Waals surface area contributed by atoms with Gasteiger partial charge in [0.05, 0.1) is 5.97 Å². The van der Waals surface area contributed by atoms with Gasteiger partial charge in [-0.2, -0.15) is 0 Å². The lowest BCUT2D eigenvalue weighted by Gasteiger charge is -2.07. The molecule has 0 aliphatic carbocycles. The minimum atomic E-state index is -1.11. The highest BCUT2D eigenvalue weighted by atomic mass is 16.4. The Morgan fingerprint density at radius 3 is 2.33 bits per heavy atom. The number of hydrogen-bond acceptors (Lipinski definition) is 2. The number of hydrogen-bond donors (Lipinski definition) is 1. The molecule has 0 unspecified atom stereocenters. The molecule has 0 aliphatic heterocycles. The van der Waals surface area contributed by atoms with E-state index in [9.17, 15) is 9.90 Å². The second-order valence-electron chi connectivity index (χ2n) is 2.53. The van der Waals surface area contributed by atoms with Crippen LogP contribution in [0.4, 0.5) is 0 Å². The first-order valence-electron chi connectivity index (χ1n) is 3.40. The molecule has 1 aromatic carbocycles. The van der Waals surface area contributed by atoms with Gasteiger partial charge in [-0.25, -0.2) is 0 Å². The minimum Gasteiger partial charge on any atom is -0.545 e. The third-order valence-electron chi connectivity index (χ3n) is 1.82. The molecule has 3 nitrogen and oxygen atoms in total. The van der Waals surface area contributed by atoms with Crippen molar-refractivity contribution in [1.82, 2.24) is 6.15 Å². The number of quaternary nitrogens is 1. The summed E-state index contributed by atoms with van der Waals surface area (Å²) in [4.78, 5) is 10.5. The number of aryl methyl sites for hydroxylation is 1. The van der Waals surface area contributed by atoms with Crippen molar-refractivity contribution in [3.63, 3.8) is 0 Å². The second-order valence-corrected chi connectivity index (χ2v) is 2.53. The molecule has 0 bridgehead atoms. The Kier molecular flexibility index (Phi) is 3.44. The largest absolute Gasteiger partial charge is 0.545 e. The highest BCUT2D eigenvalue weighted by Crippen LogP contribution is 2.10. The predicted octanol–water partition coefficient (Wildman–Crippen LogP) is 1.04. The first-order valence-corrected chi connectivity index (χ1v) is 3.40. The first-order chi connectivity index (χ1) is 5.13. The summed E-state index contributed by atoms with van der Waals surface area (Å²) in [5.74, 6) is -1.11. The molecule has 4 N–H and O–H groups in total. The van der Waals surface area contributed by atoms with Crippen molar-refractivity contribution in [2.45, 2.75) is 13.8 Å². The highest BCUT2D eigenvalue weighted by molar-refractivity contribution is 5.87. The van der Waals surface area contributed by atoms with Crippen LogP contribution in [-0.4, -0.2) is 5.97 Å². The number of carbonyl (C=O) groups is 1. The fraction of sp³-hybridized carbons (Fsp3) is 0.222. The van der Waals surface area contributed by atoms with Gasteiger partial charge in [0.2, 0.25) is 0 Å². The molecule has 0 radical (unpaired) electrons. The van der Waals surface area contributed by atoms with E-state index in [0.717, 1.165) is 11.1 Å². The summed E-state index contributed by atoms with van der Waals surface area (Å²) in [6.07, 6.45) is 0. The zero-order valence-electron chi connectivity index (χ0n) is 7.55. The normalized spacial score (nSPS) is 8.83. The average molecular weight is 167 g/mol. The Balaban J connectivity index is 0.00000121. The Morgan fingerprint density at radius 2 is 1.92 bits per heavy atom. The molecular formula is C9H13NO2. The number of carboxylic acid groups (broad SMARTS) is 1. The van der Waals surface area contributed by atoms with Gasteiger partial charge in [-0.15, -0.1) is 0 Å². The SMILES string of the molecule is Cc1cccc(C(=O)[O-])c1C.[NH4+]. The monoisotopic (exact) mass is 167 g/mol. The average Bonchev–Trinajstić information content (AvgIpc) is 1.94. The number of aromatic carboxylic acids is 1. The van der Waals surface area contributed by atoms with Crippen LogP contribution in [0.25, 0.3) is 0 Å². The maximum atomic E-state index is 10.5. The Morgan fingerprint density at radius 1 is 1.33 bits per heavy atom. The summed E-state index contributed by atoms with van der Waals surface area (Å²) in [7, 11) is 0. The van der Waals surface area contributed by atoms with Gasteiger partial charge < -0.3 is 16.1 Å². The van der Waals surface area contributed by atoms with E-state index in [1.165, 1.54) is 0 Å². The molecule has 0 atom stereocenters. The van der Waals surface area contributed by atoms with Gasteiger partial charge >= 0.3 is 0 Å². The van der Waals surface area contributed by atoms with Crippen molar-refractivity contribution in [3.8, 4) is 0 Å². The van der Waals surface area contributed by atoms with Crippen LogP contribution in [-0.2, 0) is 0 Å². The van der Waals surface area contributed by atoms with E-state index < -0.39 is 5.97 Å². The van der Waals surface area contributed by atoms with Gasteiger partial charge in [0, 0.05) is 5.56 Å². The van der Waals surface area contributed by atoms with Gasteiger partial charge in [0.15, 0.2) is 0 Å². The van der Waals surface area contributed by atoms with Crippen LogP contribution in [0.3, 0.4) is 0 Å². The molecule has 3 heteroatoms. The maximum Gasteiger partial charge on any atom is 0.0718 e. The minimum absolute atomic E-state index is 0. The lowest BCUT2D eigenvalue weighted by Crippen LogP contribution is -2.23. The standard InChI is InChI=1S/C9H10O2.H3N/c1-6-4-3-5-8(7(6)2)9(10)11;/h3-5H,1-2H3,(H,10,11);1H3. The highest BCUT2D eigenvalue weighted by Gasteiger charge is 1.99. The van der Waals surface area contributed by atoms with Crippen molar-refractivity contribution in [2.75, 3.05) is 0 Å². The fourth-order valence-corrected chi connectivity index (χ4v) is 0.972. The van der Waals surface area contributed by atoms with Crippen LogP contribution in [0.5, 0.6) is 0 Å². The van der Waals surface area contributed by atoms with Crippen molar-refractivity contribution < 1.29 is 9.90 Å². The number of rotatable bonds is 1. The summed E-state index contributed by atoms with van der Waals surface area (Å²) < 4.78 is 0. The van der Waals surface area contributed by atoms with Crippen molar-refractivity contribution in [1.29, 1.82) is 0 Å². The maximum absolute atomic E-state index is 10.5. The van der Waals surface area contributed by atoms with E-state index >= 15 is 0 Å². The van der Waals surface area contributed by atoms with Crippen LogP contribution in [0, 0.1) is 13.8 Å². The molecule has 0 heterocycles. The molecular weight excluding hydrogens is 154 g/mol. The smallest absolute Gasteiger partial charge is 0.0718 e. The lowest BCUT2D eigenvalue weighted by molar-refractivity contribution is -0.255. The number of carbonyl (C=O) groups excluding carboxylic acids is 1. The molecule has 0 aromatic heterocycles. The molecule has 0 fully saturated rings. The van der Waals surface area contributed by atoms with Gasteiger partial charge in [-0.1, -0.05) is 18.2 Å². The summed E-state index contributed by atoms with van der Waals surface area (Å²) in [5.41, 5.74) is 2.05. The summed E-state index contributed by atoms with van der Waals surface area (Å²) in [6.45, 7) is 3.66. The van der Waals surface area contributed by atoms with Crippen LogP contribution in [0.15, 0.2) is 18.2 Å². The summed E-state index contributed by atoms with van der Waals surface area (Å²) in [6, 6.07) is 5.15. The van der Waals surface area contributed by atoms with Crippen molar-refractivity contribution >= 4 is 5.97 Å². The first kappa shape index (κ1) is 10.7. The number of benzene rings is 1. The van der Waals surface area contributed by atoms with Crippen LogP contribution in [0.2, 0.25) is 0 Å². The Bertz CT molecular complexity index is 295. The Hall–Kier alpha value is -1.35. The topological polar surface area (TPSA) is 76.6 Å². The van der Waals surface area contributed by atoms with E-state index in [1.807, 2.05) is 13.0 Å². The molecule has 1 aromatic rings. The molecule has 1 rings (SSSR count). The summed E-state index contributed by atoms with van der Waals surface area (Å²) in [5, 5.41) is 10.5.